The number of nitrogens with zero attached hydrogens (tertiary/aromatic N) is 2. The molecular weight excluding hydrogens is 295 g/mol. The summed E-state index contributed by atoms with van der Waals surface area (Å²) in [6, 6.07) is 13.5. The number of benzene rings is 2. The number of rotatable bonds is 3. The summed E-state index contributed by atoms with van der Waals surface area (Å²) < 4.78 is 18.9. The van der Waals surface area contributed by atoms with E-state index in [2.05, 4.69) is 5.10 Å². The van der Waals surface area contributed by atoms with E-state index in [4.69, 9.17) is 4.74 Å². The molecule has 0 N–H and O–H groups in total. The molecule has 0 radical (unpaired) electrons. The van der Waals surface area contributed by atoms with E-state index in [1.165, 1.54) is 24.1 Å². The second-order valence-corrected chi connectivity index (χ2v) is 5.39. The van der Waals surface area contributed by atoms with Gasteiger partial charge in [0.05, 0.1) is 18.9 Å². The number of carbonyl (C=O) groups is 1. The maximum atomic E-state index is 13.5. The first kappa shape index (κ1) is 15.2. The highest BCUT2D eigenvalue weighted by atomic mass is 19.1. The molecule has 1 heterocycles. The molecule has 5 heteroatoms. The summed E-state index contributed by atoms with van der Waals surface area (Å²) in [4.78, 5) is 11.9. The minimum atomic E-state index is -0.322. The van der Waals surface area contributed by atoms with E-state index in [-0.39, 0.29) is 17.8 Å². The smallest absolute Gasteiger partial charge is 0.240 e. The first-order valence-electron chi connectivity index (χ1n) is 7.36. The molecule has 0 spiro atoms. The molecule has 0 fully saturated rings. The molecule has 1 aliphatic heterocycles. The van der Waals surface area contributed by atoms with Crippen molar-refractivity contribution in [3.63, 3.8) is 0 Å². The van der Waals surface area contributed by atoms with Gasteiger partial charge in [0.25, 0.3) is 0 Å². The van der Waals surface area contributed by atoms with Gasteiger partial charge in [0.2, 0.25) is 5.91 Å². The molecule has 1 aliphatic rings. The highest BCUT2D eigenvalue weighted by Gasteiger charge is 2.32. The van der Waals surface area contributed by atoms with Crippen molar-refractivity contribution in [3.05, 3.63) is 65.5 Å². The second-order valence-electron chi connectivity index (χ2n) is 5.39. The maximum Gasteiger partial charge on any atom is 0.240 e. The summed E-state index contributed by atoms with van der Waals surface area (Å²) >= 11 is 0. The van der Waals surface area contributed by atoms with Gasteiger partial charge in [-0.25, -0.2) is 9.40 Å². The average molecular weight is 312 g/mol. The number of ether oxygens (including phenoxy) is 1. The van der Waals surface area contributed by atoms with Crippen molar-refractivity contribution in [2.75, 3.05) is 7.11 Å². The minimum absolute atomic E-state index is 0.177. The van der Waals surface area contributed by atoms with Gasteiger partial charge in [0, 0.05) is 18.9 Å². The number of methoxy groups -OCH3 is 1. The van der Waals surface area contributed by atoms with Gasteiger partial charge in [0.1, 0.15) is 11.6 Å². The van der Waals surface area contributed by atoms with Crippen LogP contribution in [0.5, 0.6) is 5.75 Å². The third-order valence-corrected chi connectivity index (χ3v) is 3.88. The van der Waals surface area contributed by atoms with Crippen LogP contribution >= 0.6 is 0 Å². The van der Waals surface area contributed by atoms with Crippen LogP contribution in [0.2, 0.25) is 0 Å². The van der Waals surface area contributed by atoms with Crippen molar-refractivity contribution in [2.24, 2.45) is 5.10 Å². The summed E-state index contributed by atoms with van der Waals surface area (Å²) in [5.74, 6) is 0.204. The molecule has 4 nitrogen and oxygen atoms in total. The van der Waals surface area contributed by atoms with Crippen LogP contribution in [0.4, 0.5) is 4.39 Å². The Kier molecular flexibility index (Phi) is 4.10. The van der Waals surface area contributed by atoms with Crippen LogP contribution < -0.4 is 4.74 Å². The third kappa shape index (κ3) is 2.95. The second kappa shape index (κ2) is 6.20. The first-order valence-corrected chi connectivity index (χ1v) is 7.36. The molecule has 3 rings (SSSR count). The molecule has 0 aromatic heterocycles. The lowest BCUT2D eigenvalue weighted by atomic mass is 9.98. The van der Waals surface area contributed by atoms with Gasteiger partial charge in [-0.15, -0.1) is 0 Å². The fourth-order valence-electron chi connectivity index (χ4n) is 2.82. The van der Waals surface area contributed by atoms with Crippen LogP contribution in [0.1, 0.15) is 30.5 Å². The molecule has 118 valence electrons. The van der Waals surface area contributed by atoms with Crippen molar-refractivity contribution >= 4 is 11.6 Å². The Bertz CT molecular complexity index is 773. The summed E-state index contributed by atoms with van der Waals surface area (Å²) in [6.07, 6.45) is 0.517. The molecule has 2 aromatic rings. The standard InChI is InChI=1S/C18H17FN2O2/c1-12(22)21-17(13-6-5-7-14(19)10-13)11-16(20-21)15-8-3-4-9-18(15)23-2/h3-10,17H,11H2,1-2H3/t17-/m1/s1. The molecule has 0 bridgehead atoms. The van der Waals surface area contributed by atoms with Gasteiger partial charge in [-0.2, -0.15) is 5.10 Å². The quantitative estimate of drug-likeness (QED) is 0.870. The van der Waals surface area contributed by atoms with Crippen molar-refractivity contribution < 1.29 is 13.9 Å². The zero-order chi connectivity index (χ0) is 16.4. The molecule has 0 unspecified atom stereocenters. The Labute approximate surface area is 134 Å². The van der Waals surface area contributed by atoms with Crippen LogP contribution in [0.3, 0.4) is 0 Å². The Morgan fingerprint density at radius 1 is 1.26 bits per heavy atom. The number of hydrogen-bond donors (Lipinski definition) is 0. The van der Waals surface area contributed by atoms with E-state index in [1.54, 1.807) is 13.2 Å². The largest absolute Gasteiger partial charge is 0.496 e. The Hall–Kier alpha value is -2.69. The summed E-state index contributed by atoms with van der Waals surface area (Å²) in [6.45, 7) is 1.46. The number of carbonyl (C=O) groups excluding carboxylic acids is 1. The molecule has 0 saturated carbocycles. The van der Waals surface area contributed by atoms with Gasteiger partial charge in [-0.1, -0.05) is 24.3 Å². The van der Waals surface area contributed by atoms with E-state index < -0.39 is 0 Å². The average Bonchev–Trinajstić information content (AvgIpc) is 3.00. The third-order valence-electron chi connectivity index (χ3n) is 3.88. The van der Waals surface area contributed by atoms with E-state index in [0.717, 1.165) is 16.8 Å². The molecule has 0 saturated heterocycles. The Morgan fingerprint density at radius 3 is 2.74 bits per heavy atom. The van der Waals surface area contributed by atoms with Gasteiger partial charge in [-0.05, 0) is 29.8 Å². The number of amides is 1. The highest BCUT2D eigenvalue weighted by molar-refractivity contribution is 6.05. The number of halogens is 1. The van der Waals surface area contributed by atoms with Crippen LogP contribution in [0, 0.1) is 5.82 Å². The lowest BCUT2D eigenvalue weighted by Crippen LogP contribution is -2.24. The van der Waals surface area contributed by atoms with Crippen LogP contribution in [-0.4, -0.2) is 23.7 Å². The van der Waals surface area contributed by atoms with E-state index >= 15 is 0 Å². The number of hydrogen-bond acceptors (Lipinski definition) is 3. The van der Waals surface area contributed by atoms with Crippen molar-refractivity contribution in [2.45, 2.75) is 19.4 Å². The zero-order valence-electron chi connectivity index (χ0n) is 13.0. The van der Waals surface area contributed by atoms with Crippen LogP contribution in [-0.2, 0) is 4.79 Å². The number of para-hydroxylation sites is 1. The maximum absolute atomic E-state index is 13.5. The van der Waals surface area contributed by atoms with Gasteiger partial charge in [-0.3, -0.25) is 4.79 Å². The predicted molar refractivity (Wildman–Crippen MR) is 85.8 cm³/mol. The van der Waals surface area contributed by atoms with Gasteiger partial charge in [0.15, 0.2) is 0 Å². The van der Waals surface area contributed by atoms with Crippen LogP contribution in [0.25, 0.3) is 0 Å². The van der Waals surface area contributed by atoms with E-state index in [9.17, 15) is 9.18 Å². The zero-order valence-corrected chi connectivity index (χ0v) is 13.0. The summed E-state index contributed by atoms with van der Waals surface area (Å²) in [5.41, 5.74) is 2.33. The lowest BCUT2D eigenvalue weighted by molar-refractivity contribution is -0.130. The van der Waals surface area contributed by atoms with E-state index in [0.29, 0.717) is 12.2 Å². The Morgan fingerprint density at radius 2 is 2.04 bits per heavy atom. The van der Waals surface area contributed by atoms with Crippen molar-refractivity contribution in [1.29, 1.82) is 0 Å². The molecule has 1 atom stereocenters. The van der Waals surface area contributed by atoms with Gasteiger partial charge < -0.3 is 4.74 Å². The van der Waals surface area contributed by atoms with E-state index in [1.807, 2.05) is 30.3 Å². The topological polar surface area (TPSA) is 41.9 Å². The fraction of sp³-hybridized carbons (Fsp3) is 0.222. The normalized spacial score (nSPS) is 17.1. The Balaban J connectivity index is 1.99. The highest BCUT2D eigenvalue weighted by Crippen LogP contribution is 2.34. The van der Waals surface area contributed by atoms with Gasteiger partial charge >= 0.3 is 0 Å². The first-order chi connectivity index (χ1) is 11.1. The predicted octanol–water partition coefficient (Wildman–Crippen LogP) is 3.53. The summed E-state index contributed by atoms with van der Waals surface area (Å²) in [7, 11) is 1.60. The molecule has 2 aromatic carbocycles. The molecular formula is C18H17FN2O2. The summed E-state index contributed by atoms with van der Waals surface area (Å²) in [5, 5.41) is 5.87. The minimum Gasteiger partial charge on any atom is -0.496 e. The monoisotopic (exact) mass is 312 g/mol. The molecule has 0 aliphatic carbocycles. The SMILES string of the molecule is COc1ccccc1C1=NN(C(C)=O)[C@@H](c2cccc(F)c2)C1. The fourth-order valence-corrected chi connectivity index (χ4v) is 2.82. The van der Waals surface area contributed by atoms with Crippen molar-refractivity contribution in [3.8, 4) is 5.75 Å². The van der Waals surface area contributed by atoms with Crippen LogP contribution in [0.15, 0.2) is 53.6 Å². The lowest BCUT2D eigenvalue weighted by Gasteiger charge is -2.20. The van der Waals surface area contributed by atoms with Crippen molar-refractivity contribution in [1.82, 2.24) is 5.01 Å². The molecule has 1 amide bonds. The molecule has 23 heavy (non-hydrogen) atoms. The number of hydrazone groups is 1.